The molecular formula is C12H14Cl2O3. The van der Waals surface area contributed by atoms with Gasteiger partial charge in [0.1, 0.15) is 0 Å². The van der Waals surface area contributed by atoms with Crippen LogP contribution < -0.4 is 0 Å². The summed E-state index contributed by atoms with van der Waals surface area (Å²) in [5.74, 6) is -0.278. The minimum absolute atomic E-state index is 0.278. The minimum atomic E-state index is -0.690. The summed E-state index contributed by atoms with van der Waals surface area (Å²) in [6.45, 7) is 0. The standard InChI is InChI=1S/C12H14Cl2O3/c1-17-12(16)4-2-3-11(15)9-6-5-8(13)7-10(9)14/h5-7,11,15H,2-4H2,1H3. The van der Waals surface area contributed by atoms with Gasteiger partial charge in [-0.25, -0.2) is 0 Å². The largest absolute Gasteiger partial charge is 0.469 e. The first-order chi connectivity index (χ1) is 8.04. The Labute approximate surface area is 110 Å². The zero-order chi connectivity index (χ0) is 12.8. The molecule has 17 heavy (non-hydrogen) atoms. The molecule has 0 aliphatic carbocycles. The molecule has 1 aromatic rings. The fourth-order valence-electron chi connectivity index (χ4n) is 1.47. The average molecular weight is 277 g/mol. The van der Waals surface area contributed by atoms with E-state index >= 15 is 0 Å². The first-order valence-electron chi connectivity index (χ1n) is 5.24. The van der Waals surface area contributed by atoms with E-state index in [4.69, 9.17) is 23.2 Å². The molecule has 94 valence electrons. The van der Waals surface area contributed by atoms with Crippen molar-refractivity contribution in [2.45, 2.75) is 25.4 Å². The van der Waals surface area contributed by atoms with Gasteiger partial charge in [0.2, 0.25) is 0 Å². The van der Waals surface area contributed by atoms with Gasteiger partial charge in [0.15, 0.2) is 0 Å². The summed E-state index contributed by atoms with van der Waals surface area (Å²) >= 11 is 11.7. The van der Waals surface area contributed by atoms with E-state index in [0.29, 0.717) is 34.9 Å². The first kappa shape index (κ1) is 14.3. The van der Waals surface area contributed by atoms with Gasteiger partial charge in [0.25, 0.3) is 0 Å². The molecule has 0 aliphatic heterocycles. The lowest BCUT2D eigenvalue weighted by atomic mass is 10.0. The summed E-state index contributed by atoms with van der Waals surface area (Å²) in [5.41, 5.74) is 0.626. The molecule has 3 nitrogen and oxygen atoms in total. The van der Waals surface area contributed by atoms with Gasteiger partial charge in [-0.05, 0) is 30.5 Å². The van der Waals surface area contributed by atoms with Crippen LogP contribution in [-0.4, -0.2) is 18.2 Å². The van der Waals surface area contributed by atoms with Crippen LogP contribution in [0.3, 0.4) is 0 Å². The summed E-state index contributed by atoms with van der Waals surface area (Å²) in [6, 6.07) is 4.95. The number of halogens is 2. The Balaban J connectivity index is 2.52. The number of ether oxygens (including phenoxy) is 1. The Morgan fingerprint density at radius 3 is 2.76 bits per heavy atom. The first-order valence-corrected chi connectivity index (χ1v) is 6.00. The maximum atomic E-state index is 10.9. The van der Waals surface area contributed by atoms with Gasteiger partial charge in [-0.3, -0.25) is 4.79 Å². The van der Waals surface area contributed by atoms with Crippen molar-refractivity contribution in [1.29, 1.82) is 0 Å². The molecule has 0 spiro atoms. The maximum absolute atomic E-state index is 10.9. The van der Waals surface area contributed by atoms with Crippen molar-refractivity contribution in [3.05, 3.63) is 33.8 Å². The molecule has 1 unspecified atom stereocenters. The van der Waals surface area contributed by atoms with Crippen molar-refractivity contribution in [1.82, 2.24) is 0 Å². The Morgan fingerprint density at radius 2 is 2.18 bits per heavy atom. The van der Waals surface area contributed by atoms with E-state index < -0.39 is 6.10 Å². The van der Waals surface area contributed by atoms with E-state index in [1.54, 1.807) is 18.2 Å². The molecule has 1 rings (SSSR count). The number of hydrogen-bond acceptors (Lipinski definition) is 3. The lowest BCUT2D eigenvalue weighted by Gasteiger charge is -2.12. The summed E-state index contributed by atoms with van der Waals surface area (Å²) in [5, 5.41) is 10.9. The van der Waals surface area contributed by atoms with E-state index in [0.717, 1.165) is 0 Å². The highest BCUT2D eigenvalue weighted by atomic mass is 35.5. The predicted octanol–water partition coefficient (Wildman–Crippen LogP) is 3.37. The summed E-state index contributed by atoms with van der Waals surface area (Å²) < 4.78 is 4.51. The van der Waals surface area contributed by atoms with Crippen LogP contribution in [0.15, 0.2) is 18.2 Å². The summed E-state index contributed by atoms with van der Waals surface area (Å²) in [6.07, 6.45) is 0.603. The van der Waals surface area contributed by atoms with Gasteiger partial charge in [-0.2, -0.15) is 0 Å². The number of hydrogen-bond donors (Lipinski definition) is 1. The number of rotatable bonds is 5. The number of carbonyl (C=O) groups excluding carboxylic acids is 1. The normalized spacial score (nSPS) is 12.2. The molecule has 0 aliphatic rings. The number of aliphatic hydroxyl groups excluding tert-OH is 1. The number of benzene rings is 1. The third-order valence-electron chi connectivity index (χ3n) is 2.41. The van der Waals surface area contributed by atoms with Crippen LogP contribution in [0, 0.1) is 0 Å². The third-order valence-corrected chi connectivity index (χ3v) is 2.97. The maximum Gasteiger partial charge on any atom is 0.305 e. The van der Waals surface area contributed by atoms with E-state index in [-0.39, 0.29) is 5.97 Å². The second kappa shape index (κ2) is 6.84. The molecule has 0 fully saturated rings. The molecule has 1 atom stereocenters. The van der Waals surface area contributed by atoms with Crippen LogP contribution in [0.4, 0.5) is 0 Å². The molecule has 0 aromatic heterocycles. The van der Waals surface area contributed by atoms with Crippen LogP contribution in [0.5, 0.6) is 0 Å². The zero-order valence-electron chi connectivity index (χ0n) is 9.45. The number of esters is 1. The van der Waals surface area contributed by atoms with Crippen molar-refractivity contribution in [2.24, 2.45) is 0 Å². The fourth-order valence-corrected chi connectivity index (χ4v) is 2.00. The molecule has 0 heterocycles. The molecular weight excluding hydrogens is 263 g/mol. The highest BCUT2D eigenvalue weighted by molar-refractivity contribution is 6.35. The van der Waals surface area contributed by atoms with Crippen molar-refractivity contribution in [2.75, 3.05) is 7.11 Å². The number of carbonyl (C=O) groups is 1. The quantitative estimate of drug-likeness (QED) is 0.839. The van der Waals surface area contributed by atoms with Crippen molar-refractivity contribution in [3.8, 4) is 0 Å². The highest BCUT2D eigenvalue weighted by Crippen LogP contribution is 2.28. The molecule has 5 heteroatoms. The fraction of sp³-hybridized carbons (Fsp3) is 0.417. The van der Waals surface area contributed by atoms with E-state index in [2.05, 4.69) is 4.74 Å². The van der Waals surface area contributed by atoms with Gasteiger partial charge < -0.3 is 9.84 Å². The monoisotopic (exact) mass is 276 g/mol. The Hall–Kier alpha value is -0.770. The van der Waals surface area contributed by atoms with Gasteiger partial charge in [0, 0.05) is 16.5 Å². The molecule has 0 bridgehead atoms. The van der Waals surface area contributed by atoms with Crippen molar-refractivity contribution in [3.63, 3.8) is 0 Å². The highest BCUT2D eigenvalue weighted by Gasteiger charge is 2.12. The molecule has 1 aromatic carbocycles. The predicted molar refractivity (Wildman–Crippen MR) is 67.3 cm³/mol. The smallest absolute Gasteiger partial charge is 0.305 e. The van der Waals surface area contributed by atoms with E-state index in [1.807, 2.05) is 0 Å². The molecule has 0 amide bonds. The van der Waals surface area contributed by atoms with Gasteiger partial charge in [-0.15, -0.1) is 0 Å². The second-order valence-corrected chi connectivity index (χ2v) is 4.49. The lowest BCUT2D eigenvalue weighted by Crippen LogP contribution is -2.03. The number of aliphatic hydroxyl groups is 1. The topological polar surface area (TPSA) is 46.5 Å². The number of methoxy groups -OCH3 is 1. The van der Waals surface area contributed by atoms with Crippen LogP contribution in [0.1, 0.15) is 30.9 Å². The van der Waals surface area contributed by atoms with Crippen LogP contribution >= 0.6 is 23.2 Å². The molecule has 0 saturated heterocycles. The minimum Gasteiger partial charge on any atom is -0.469 e. The van der Waals surface area contributed by atoms with Gasteiger partial charge >= 0.3 is 5.97 Å². The van der Waals surface area contributed by atoms with Crippen LogP contribution in [0.25, 0.3) is 0 Å². The third kappa shape index (κ3) is 4.54. The summed E-state index contributed by atoms with van der Waals surface area (Å²) in [4.78, 5) is 10.9. The van der Waals surface area contributed by atoms with E-state index in [1.165, 1.54) is 7.11 Å². The second-order valence-electron chi connectivity index (χ2n) is 3.65. The zero-order valence-corrected chi connectivity index (χ0v) is 11.0. The van der Waals surface area contributed by atoms with Gasteiger partial charge in [0.05, 0.1) is 13.2 Å². The average Bonchev–Trinajstić information content (AvgIpc) is 2.28. The van der Waals surface area contributed by atoms with E-state index in [9.17, 15) is 9.90 Å². The SMILES string of the molecule is COC(=O)CCCC(O)c1ccc(Cl)cc1Cl. The Kier molecular flexibility index (Phi) is 5.75. The lowest BCUT2D eigenvalue weighted by molar-refractivity contribution is -0.140. The Morgan fingerprint density at radius 1 is 1.47 bits per heavy atom. The van der Waals surface area contributed by atoms with Crippen LogP contribution in [-0.2, 0) is 9.53 Å². The summed E-state index contributed by atoms with van der Waals surface area (Å²) in [7, 11) is 1.34. The van der Waals surface area contributed by atoms with Crippen molar-refractivity contribution >= 4 is 29.2 Å². The van der Waals surface area contributed by atoms with Gasteiger partial charge in [-0.1, -0.05) is 29.3 Å². The molecule has 0 saturated carbocycles. The van der Waals surface area contributed by atoms with Crippen LogP contribution in [0.2, 0.25) is 10.0 Å². The van der Waals surface area contributed by atoms with Crippen molar-refractivity contribution < 1.29 is 14.6 Å². The molecule has 1 N–H and O–H groups in total. The Bertz CT molecular complexity index is 393. The molecule has 0 radical (unpaired) electrons.